The highest BCUT2D eigenvalue weighted by atomic mass is 79.9. The van der Waals surface area contributed by atoms with Crippen LogP contribution in [0.4, 0.5) is 0 Å². The first kappa shape index (κ1) is 9.59. The Labute approximate surface area is 91.7 Å². The van der Waals surface area contributed by atoms with Crippen molar-refractivity contribution in [2.75, 3.05) is 13.2 Å². The van der Waals surface area contributed by atoms with E-state index in [0.717, 1.165) is 27.1 Å². The molecule has 0 unspecified atom stereocenters. The van der Waals surface area contributed by atoms with Gasteiger partial charge in [0.15, 0.2) is 11.5 Å². The van der Waals surface area contributed by atoms with E-state index in [9.17, 15) is 0 Å². The van der Waals surface area contributed by atoms with Gasteiger partial charge in [-0.05, 0) is 30.2 Å². The van der Waals surface area contributed by atoms with Gasteiger partial charge in [0.1, 0.15) is 13.2 Å². The maximum Gasteiger partial charge on any atom is 0.162 e. The van der Waals surface area contributed by atoms with Gasteiger partial charge in [-0.3, -0.25) is 0 Å². The quantitative estimate of drug-likeness (QED) is 0.766. The van der Waals surface area contributed by atoms with Gasteiger partial charge in [0.25, 0.3) is 0 Å². The summed E-state index contributed by atoms with van der Waals surface area (Å²) >= 11 is 3.48. The lowest BCUT2D eigenvalue weighted by atomic mass is 10.1. The summed E-state index contributed by atoms with van der Waals surface area (Å²) in [6, 6.07) is 3.89. The van der Waals surface area contributed by atoms with E-state index in [1.807, 2.05) is 19.1 Å². The van der Waals surface area contributed by atoms with Gasteiger partial charge in [-0.1, -0.05) is 22.5 Å². The van der Waals surface area contributed by atoms with Crippen molar-refractivity contribution >= 4 is 21.5 Å². The molecule has 1 heterocycles. The van der Waals surface area contributed by atoms with E-state index in [1.54, 1.807) is 0 Å². The van der Waals surface area contributed by atoms with Gasteiger partial charge in [-0.15, -0.1) is 0 Å². The minimum atomic E-state index is 0.615. The molecule has 0 spiro atoms. The molecule has 0 aromatic heterocycles. The minimum absolute atomic E-state index is 0.615. The molecular formula is C11H11BrO2. The monoisotopic (exact) mass is 254 g/mol. The van der Waals surface area contributed by atoms with Crippen molar-refractivity contribution in [1.29, 1.82) is 0 Å². The third-order valence-corrected chi connectivity index (χ3v) is 2.75. The van der Waals surface area contributed by atoms with Crippen molar-refractivity contribution < 1.29 is 9.47 Å². The zero-order valence-corrected chi connectivity index (χ0v) is 9.56. The fourth-order valence-electron chi connectivity index (χ4n) is 1.39. The first-order valence-corrected chi connectivity index (χ1v) is 5.23. The van der Waals surface area contributed by atoms with Crippen molar-refractivity contribution in [2.24, 2.45) is 0 Å². The highest BCUT2D eigenvalue weighted by Crippen LogP contribution is 2.37. The number of rotatable bonds is 1. The number of fused-ring (bicyclic) bond motifs is 1. The molecule has 0 fully saturated rings. The molecule has 3 heteroatoms. The molecule has 1 aromatic carbocycles. The summed E-state index contributed by atoms with van der Waals surface area (Å²) < 4.78 is 11.9. The summed E-state index contributed by atoms with van der Waals surface area (Å²) in [5.41, 5.74) is 2.07. The molecule has 0 atom stereocenters. The van der Waals surface area contributed by atoms with E-state index in [2.05, 4.69) is 22.5 Å². The Morgan fingerprint density at radius 3 is 2.43 bits per heavy atom. The van der Waals surface area contributed by atoms with Gasteiger partial charge in [0, 0.05) is 4.47 Å². The number of hydrogen-bond donors (Lipinski definition) is 0. The molecule has 1 aliphatic rings. The summed E-state index contributed by atoms with van der Waals surface area (Å²) in [5.74, 6) is 1.60. The Hall–Kier alpha value is -0.960. The van der Waals surface area contributed by atoms with Gasteiger partial charge in [0.2, 0.25) is 0 Å². The molecule has 0 N–H and O–H groups in total. The summed E-state index contributed by atoms with van der Waals surface area (Å²) in [5, 5.41) is 0. The largest absolute Gasteiger partial charge is 0.486 e. The number of ether oxygens (including phenoxy) is 2. The van der Waals surface area contributed by atoms with E-state index in [4.69, 9.17) is 9.47 Å². The van der Waals surface area contributed by atoms with Crippen molar-refractivity contribution in [3.63, 3.8) is 0 Å². The molecular weight excluding hydrogens is 244 g/mol. The van der Waals surface area contributed by atoms with Crippen LogP contribution in [0.3, 0.4) is 0 Å². The third kappa shape index (κ3) is 1.64. The van der Waals surface area contributed by atoms with Gasteiger partial charge in [-0.25, -0.2) is 0 Å². The van der Waals surface area contributed by atoms with Crippen LogP contribution in [0.15, 0.2) is 23.2 Å². The lowest BCUT2D eigenvalue weighted by Gasteiger charge is -2.19. The predicted octanol–water partition coefficient (Wildman–Crippen LogP) is 3.25. The summed E-state index contributed by atoms with van der Waals surface area (Å²) in [7, 11) is 0. The van der Waals surface area contributed by atoms with Gasteiger partial charge < -0.3 is 9.47 Å². The number of halogens is 1. The Bertz CT molecular complexity index is 385. The smallest absolute Gasteiger partial charge is 0.162 e. The average Bonchev–Trinajstić information content (AvgIpc) is 2.16. The van der Waals surface area contributed by atoms with Crippen LogP contribution in [0.2, 0.25) is 0 Å². The Morgan fingerprint density at radius 2 is 1.86 bits per heavy atom. The molecule has 2 nitrogen and oxygen atoms in total. The second-order valence-corrected chi connectivity index (χ2v) is 4.11. The van der Waals surface area contributed by atoms with Crippen molar-refractivity contribution in [3.05, 3.63) is 28.7 Å². The maximum absolute atomic E-state index is 5.48. The van der Waals surface area contributed by atoms with Crippen LogP contribution in [-0.4, -0.2) is 13.2 Å². The van der Waals surface area contributed by atoms with Crippen LogP contribution in [0.5, 0.6) is 11.5 Å². The lowest BCUT2D eigenvalue weighted by molar-refractivity contribution is 0.171. The standard InChI is InChI=1S/C11H11BrO2/c1-7(2)8-5-10-11(6-9(8)12)14-4-3-13-10/h5-6H,1,3-4H2,2H3. The van der Waals surface area contributed by atoms with Crippen LogP contribution < -0.4 is 9.47 Å². The highest BCUT2D eigenvalue weighted by Gasteiger charge is 2.14. The fraction of sp³-hybridized carbons (Fsp3) is 0.273. The van der Waals surface area contributed by atoms with Crippen molar-refractivity contribution in [2.45, 2.75) is 6.92 Å². The first-order valence-electron chi connectivity index (χ1n) is 4.43. The van der Waals surface area contributed by atoms with Gasteiger partial charge in [-0.2, -0.15) is 0 Å². The fourth-order valence-corrected chi connectivity index (χ4v) is 2.05. The van der Waals surface area contributed by atoms with Crippen LogP contribution in [0, 0.1) is 0 Å². The molecule has 0 bridgehead atoms. The molecule has 1 aliphatic heterocycles. The van der Waals surface area contributed by atoms with Crippen LogP contribution in [0.1, 0.15) is 12.5 Å². The third-order valence-electron chi connectivity index (χ3n) is 2.09. The van der Waals surface area contributed by atoms with E-state index in [0.29, 0.717) is 13.2 Å². The van der Waals surface area contributed by atoms with Crippen molar-refractivity contribution in [3.8, 4) is 11.5 Å². The Morgan fingerprint density at radius 1 is 1.29 bits per heavy atom. The second kappa shape index (κ2) is 3.65. The Balaban J connectivity index is 2.50. The first-order chi connectivity index (χ1) is 6.68. The molecule has 2 rings (SSSR count). The molecule has 0 radical (unpaired) electrons. The summed E-state index contributed by atoms with van der Waals surface area (Å²) in [6.45, 7) is 7.11. The Kier molecular flexibility index (Phi) is 2.50. The highest BCUT2D eigenvalue weighted by molar-refractivity contribution is 9.10. The molecule has 0 saturated carbocycles. The summed E-state index contributed by atoms with van der Waals surface area (Å²) in [4.78, 5) is 0. The van der Waals surface area contributed by atoms with E-state index in [1.165, 1.54) is 0 Å². The summed E-state index contributed by atoms with van der Waals surface area (Å²) in [6.07, 6.45) is 0. The topological polar surface area (TPSA) is 18.5 Å². The molecule has 74 valence electrons. The minimum Gasteiger partial charge on any atom is -0.486 e. The molecule has 1 aromatic rings. The lowest BCUT2D eigenvalue weighted by Crippen LogP contribution is -2.15. The van der Waals surface area contributed by atoms with E-state index in [-0.39, 0.29) is 0 Å². The van der Waals surface area contributed by atoms with Crippen molar-refractivity contribution in [1.82, 2.24) is 0 Å². The zero-order chi connectivity index (χ0) is 10.1. The van der Waals surface area contributed by atoms with Gasteiger partial charge >= 0.3 is 0 Å². The van der Waals surface area contributed by atoms with Crippen LogP contribution >= 0.6 is 15.9 Å². The number of benzene rings is 1. The van der Waals surface area contributed by atoms with E-state index >= 15 is 0 Å². The molecule has 0 amide bonds. The molecule has 0 saturated heterocycles. The normalized spacial score (nSPS) is 13.9. The van der Waals surface area contributed by atoms with E-state index < -0.39 is 0 Å². The van der Waals surface area contributed by atoms with Gasteiger partial charge in [0.05, 0.1) is 0 Å². The average molecular weight is 255 g/mol. The SMILES string of the molecule is C=C(C)c1cc2c(cc1Br)OCCO2. The number of allylic oxidation sites excluding steroid dienone is 1. The predicted molar refractivity (Wildman–Crippen MR) is 59.8 cm³/mol. The van der Waals surface area contributed by atoms with Crippen LogP contribution in [-0.2, 0) is 0 Å². The molecule has 14 heavy (non-hydrogen) atoms. The zero-order valence-electron chi connectivity index (χ0n) is 7.97. The maximum atomic E-state index is 5.48. The number of hydrogen-bond acceptors (Lipinski definition) is 2. The second-order valence-electron chi connectivity index (χ2n) is 3.26. The molecule has 0 aliphatic carbocycles. The van der Waals surface area contributed by atoms with Crippen LogP contribution in [0.25, 0.3) is 5.57 Å².